The van der Waals surface area contributed by atoms with E-state index in [1.165, 1.54) is 24.6 Å². The first kappa shape index (κ1) is 19.6. The van der Waals surface area contributed by atoms with Crippen molar-refractivity contribution in [2.45, 2.75) is 0 Å². The van der Waals surface area contributed by atoms with Crippen molar-refractivity contribution < 1.29 is 24.5 Å². The number of phenols is 2. The quantitative estimate of drug-likeness (QED) is 0.401. The lowest BCUT2D eigenvalue weighted by Crippen LogP contribution is -2.28. The average molecular weight is 370 g/mol. The lowest BCUT2D eigenvalue weighted by atomic mass is 10.2. The van der Waals surface area contributed by atoms with Crippen LogP contribution in [0.2, 0.25) is 0 Å². The molecule has 0 aromatic heterocycles. The van der Waals surface area contributed by atoms with Crippen LogP contribution < -0.4 is 10.9 Å². The van der Waals surface area contributed by atoms with Gasteiger partial charge in [0.15, 0.2) is 0 Å². The van der Waals surface area contributed by atoms with Gasteiger partial charge in [-0.25, -0.2) is 10.9 Å². The molecule has 0 unspecified atom stereocenters. The summed E-state index contributed by atoms with van der Waals surface area (Å²) in [6.45, 7) is -0.760. The lowest BCUT2D eigenvalue weighted by Gasteiger charge is -2.03. The van der Waals surface area contributed by atoms with Crippen LogP contribution in [0.15, 0.2) is 58.7 Å². The van der Waals surface area contributed by atoms with Crippen LogP contribution in [0.1, 0.15) is 11.1 Å². The van der Waals surface area contributed by atoms with Crippen molar-refractivity contribution in [3.8, 4) is 11.5 Å². The van der Waals surface area contributed by atoms with E-state index in [1.807, 2.05) is 0 Å². The van der Waals surface area contributed by atoms with Crippen LogP contribution in [0.5, 0.6) is 11.5 Å². The van der Waals surface area contributed by atoms with E-state index < -0.39 is 11.8 Å². The molecule has 0 saturated heterocycles. The molecule has 9 nitrogen and oxygen atoms in total. The van der Waals surface area contributed by atoms with E-state index in [0.29, 0.717) is 11.1 Å². The Morgan fingerprint density at radius 1 is 0.815 bits per heavy atom. The highest BCUT2D eigenvalue weighted by atomic mass is 16.5. The Bertz CT molecular complexity index is 782. The number of rotatable bonds is 8. The molecule has 0 fully saturated rings. The molecule has 2 aromatic rings. The molecule has 0 atom stereocenters. The number of benzene rings is 2. The summed E-state index contributed by atoms with van der Waals surface area (Å²) in [5.41, 5.74) is 5.31. The summed E-state index contributed by atoms with van der Waals surface area (Å²) in [5.74, 6) is -1.06. The van der Waals surface area contributed by atoms with Gasteiger partial charge in [-0.2, -0.15) is 10.2 Å². The fourth-order valence-electron chi connectivity index (χ4n) is 1.84. The molecule has 0 heterocycles. The Hall–Kier alpha value is -3.72. The highest BCUT2D eigenvalue weighted by Gasteiger charge is 2.04. The van der Waals surface area contributed by atoms with Gasteiger partial charge in [0, 0.05) is 11.1 Å². The van der Waals surface area contributed by atoms with Gasteiger partial charge in [0.05, 0.1) is 12.4 Å². The number of nitrogens with zero attached hydrogens (tertiary/aromatic N) is 2. The number of para-hydroxylation sites is 2. The van der Waals surface area contributed by atoms with Gasteiger partial charge in [0.2, 0.25) is 0 Å². The first-order valence-electron chi connectivity index (χ1n) is 7.84. The van der Waals surface area contributed by atoms with Crippen LogP contribution in [0.3, 0.4) is 0 Å². The molecule has 140 valence electrons. The third kappa shape index (κ3) is 6.96. The normalized spacial score (nSPS) is 11.0. The molecule has 9 heteroatoms. The second-order valence-electron chi connectivity index (χ2n) is 5.20. The Kier molecular flexibility index (Phi) is 7.49. The van der Waals surface area contributed by atoms with Gasteiger partial charge < -0.3 is 14.9 Å². The predicted octanol–water partition coefficient (Wildman–Crippen LogP) is 0.715. The molecule has 2 rings (SSSR count). The zero-order chi connectivity index (χ0) is 19.5. The minimum Gasteiger partial charge on any atom is -0.507 e. The Labute approximate surface area is 155 Å². The number of hydrazone groups is 2. The Morgan fingerprint density at radius 2 is 1.22 bits per heavy atom. The largest absolute Gasteiger partial charge is 0.507 e. The van der Waals surface area contributed by atoms with E-state index in [9.17, 15) is 19.8 Å². The fourth-order valence-corrected chi connectivity index (χ4v) is 1.84. The number of hydrogen-bond donors (Lipinski definition) is 4. The molecule has 0 aliphatic heterocycles. The topological polar surface area (TPSA) is 133 Å². The molecule has 0 aliphatic rings. The van der Waals surface area contributed by atoms with E-state index in [2.05, 4.69) is 21.1 Å². The van der Waals surface area contributed by atoms with E-state index in [-0.39, 0.29) is 24.7 Å². The minimum absolute atomic E-state index is 0.0350. The third-order valence-electron chi connectivity index (χ3n) is 3.13. The zero-order valence-corrected chi connectivity index (χ0v) is 14.2. The SMILES string of the molecule is O=C(COCC(=O)N/N=C/c1ccccc1O)N/N=C/c1ccccc1O. The first-order chi connectivity index (χ1) is 13.1. The molecule has 0 aliphatic carbocycles. The highest BCUT2D eigenvalue weighted by Crippen LogP contribution is 2.13. The van der Waals surface area contributed by atoms with Crippen LogP contribution in [0, 0.1) is 0 Å². The van der Waals surface area contributed by atoms with Crippen LogP contribution in [-0.2, 0) is 14.3 Å². The van der Waals surface area contributed by atoms with Crippen molar-refractivity contribution in [3.63, 3.8) is 0 Å². The van der Waals surface area contributed by atoms with Gasteiger partial charge in [-0.05, 0) is 24.3 Å². The molecule has 0 spiro atoms. The van der Waals surface area contributed by atoms with Crippen LogP contribution in [0.4, 0.5) is 0 Å². The molecule has 0 bridgehead atoms. The molecule has 2 amide bonds. The third-order valence-corrected chi connectivity index (χ3v) is 3.13. The molecule has 2 aromatic carbocycles. The van der Waals surface area contributed by atoms with E-state index in [1.54, 1.807) is 36.4 Å². The van der Waals surface area contributed by atoms with Gasteiger partial charge in [0.1, 0.15) is 24.7 Å². The number of nitrogens with one attached hydrogen (secondary N) is 2. The summed E-state index contributed by atoms with van der Waals surface area (Å²) in [4.78, 5) is 23.1. The molecule has 0 saturated carbocycles. The van der Waals surface area contributed by atoms with Gasteiger partial charge in [0.25, 0.3) is 11.8 Å². The standard InChI is InChI=1S/C18H18N4O5/c23-15-7-3-1-5-13(15)9-19-21-17(25)11-27-12-18(26)22-20-10-14-6-2-4-8-16(14)24/h1-10,23-24H,11-12H2,(H,21,25)(H,22,26)/b19-9+,20-10+. The summed E-state index contributed by atoms with van der Waals surface area (Å²) in [5, 5.41) is 26.4. The monoisotopic (exact) mass is 370 g/mol. The number of carbonyl (C=O) groups excluding carboxylic acids is 2. The van der Waals surface area contributed by atoms with E-state index >= 15 is 0 Å². The lowest BCUT2D eigenvalue weighted by molar-refractivity contribution is -0.130. The van der Waals surface area contributed by atoms with Crippen molar-refractivity contribution in [2.24, 2.45) is 10.2 Å². The maximum absolute atomic E-state index is 11.5. The molecular formula is C18H18N4O5. The van der Waals surface area contributed by atoms with Gasteiger partial charge >= 0.3 is 0 Å². The van der Waals surface area contributed by atoms with Crippen molar-refractivity contribution in [2.75, 3.05) is 13.2 Å². The summed E-state index contributed by atoms with van der Waals surface area (Å²) in [7, 11) is 0. The summed E-state index contributed by atoms with van der Waals surface area (Å²) in [6.07, 6.45) is 2.57. The number of ether oxygens (including phenoxy) is 1. The maximum atomic E-state index is 11.5. The van der Waals surface area contributed by atoms with Gasteiger partial charge in [-0.1, -0.05) is 24.3 Å². The summed E-state index contributed by atoms with van der Waals surface area (Å²) >= 11 is 0. The van der Waals surface area contributed by atoms with Crippen LogP contribution in [0.25, 0.3) is 0 Å². The second kappa shape index (κ2) is 10.3. The number of aromatic hydroxyl groups is 2. The van der Waals surface area contributed by atoms with Crippen molar-refractivity contribution in [3.05, 3.63) is 59.7 Å². The number of carbonyl (C=O) groups is 2. The molecule has 0 radical (unpaired) electrons. The molecule has 27 heavy (non-hydrogen) atoms. The summed E-state index contributed by atoms with van der Waals surface area (Å²) in [6, 6.07) is 13.0. The van der Waals surface area contributed by atoms with E-state index in [0.717, 1.165) is 0 Å². The van der Waals surface area contributed by atoms with Crippen molar-refractivity contribution >= 4 is 24.2 Å². The minimum atomic E-state index is -0.563. The van der Waals surface area contributed by atoms with Crippen LogP contribution >= 0.6 is 0 Å². The van der Waals surface area contributed by atoms with Gasteiger partial charge in [-0.15, -0.1) is 0 Å². The maximum Gasteiger partial charge on any atom is 0.266 e. The van der Waals surface area contributed by atoms with E-state index in [4.69, 9.17) is 4.74 Å². The second-order valence-corrected chi connectivity index (χ2v) is 5.20. The van der Waals surface area contributed by atoms with Crippen LogP contribution in [-0.4, -0.2) is 47.7 Å². The zero-order valence-electron chi connectivity index (χ0n) is 14.2. The first-order valence-corrected chi connectivity index (χ1v) is 7.84. The van der Waals surface area contributed by atoms with Crippen molar-refractivity contribution in [1.29, 1.82) is 0 Å². The highest BCUT2D eigenvalue weighted by molar-refractivity contribution is 5.86. The number of amides is 2. The Balaban J connectivity index is 1.65. The smallest absolute Gasteiger partial charge is 0.266 e. The number of hydrogen-bond acceptors (Lipinski definition) is 7. The fraction of sp³-hybridized carbons (Fsp3) is 0.111. The summed E-state index contributed by atoms with van der Waals surface area (Å²) < 4.78 is 4.94. The number of phenolic OH excluding ortho intramolecular Hbond substituents is 2. The van der Waals surface area contributed by atoms with Crippen molar-refractivity contribution in [1.82, 2.24) is 10.9 Å². The molecule has 4 N–H and O–H groups in total. The average Bonchev–Trinajstić information content (AvgIpc) is 2.65. The van der Waals surface area contributed by atoms with Gasteiger partial charge in [-0.3, -0.25) is 9.59 Å². The molecular weight excluding hydrogens is 352 g/mol. The predicted molar refractivity (Wildman–Crippen MR) is 98.5 cm³/mol. The Morgan fingerprint density at radius 3 is 1.63 bits per heavy atom.